The zero-order valence-electron chi connectivity index (χ0n) is 12.7. The predicted molar refractivity (Wildman–Crippen MR) is 83.6 cm³/mol. The summed E-state index contributed by atoms with van der Waals surface area (Å²) >= 11 is 0. The molecule has 1 saturated heterocycles. The SMILES string of the molecule is C[C@@H]1C[C@@H]2C(=O)N(c3ccccc3)C(=O)[C@@H]2c2ccn(C)c21. The van der Waals surface area contributed by atoms with Crippen molar-refractivity contribution >= 4 is 17.5 Å². The fourth-order valence-electron chi connectivity index (χ4n) is 4.10. The summed E-state index contributed by atoms with van der Waals surface area (Å²) in [6.07, 6.45) is 2.73. The number of anilines is 1. The van der Waals surface area contributed by atoms with Crippen molar-refractivity contribution < 1.29 is 9.59 Å². The number of benzene rings is 1. The first kappa shape index (κ1) is 13.3. The summed E-state index contributed by atoms with van der Waals surface area (Å²) in [5.74, 6) is -0.385. The maximum atomic E-state index is 12.9. The molecule has 2 aliphatic rings. The van der Waals surface area contributed by atoms with Gasteiger partial charge in [-0.05, 0) is 36.1 Å². The van der Waals surface area contributed by atoms with Crippen LogP contribution in [0.3, 0.4) is 0 Å². The molecular weight excluding hydrogens is 276 g/mol. The number of carbonyl (C=O) groups is 2. The van der Waals surface area contributed by atoms with Crippen molar-refractivity contribution in [3.8, 4) is 0 Å². The van der Waals surface area contributed by atoms with Crippen molar-refractivity contribution in [3.63, 3.8) is 0 Å². The lowest BCUT2D eigenvalue weighted by molar-refractivity contribution is -0.122. The third-order valence-corrected chi connectivity index (χ3v) is 5.00. The Morgan fingerprint density at radius 3 is 2.50 bits per heavy atom. The summed E-state index contributed by atoms with van der Waals surface area (Å²) in [7, 11) is 2.01. The van der Waals surface area contributed by atoms with E-state index in [0.717, 1.165) is 12.0 Å². The van der Waals surface area contributed by atoms with Gasteiger partial charge in [-0.15, -0.1) is 0 Å². The smallest absolute Gasteiger partial charge is 0.242 e. The van der Waals surface area contributed by atoms with E-state index in [9.17, 15) is 9.59 Å². The van der Waals surface area contributed by atoms with Crippen LogP contribution in [0.25, 0.3) is 0 Å². The van der Waals surface area contributed by atoms with Crippen LogP contribution in [-0.4, -0.2) is 16.4 Å². The van der Waals surface area contributed by atoms with Crippen LogP contribution in [0.15, 0.2) is 42.6 Å². The third-order valence-electron chi connectivity index (χ3n) is 5.00. The van der Waals surface area contributed by atoms with Crippen LogP contribution < -0.4 is 4.90 Å². The average molecular weight is 294 g/mol. The molecule has 2 aromatic rings. The number of carbonyl (C=O) groups excluding carboxylic acids is 2. The second kappa shape index (κ2) is 4.57. The molecule has 0 radical (unpaired) electrons. The van der Waals surface area contributed by atoms with Gasteiger partial charge in [0, 0.05) is 18.9 Å². The summed E-state index contributed by atoms with van der Waals surface area (Å²) in [6, 6.07) is 11.2. The minimum Gasteiger partial charge on any atom is -0.354 e. The van der Waals surface area contributed by atoms with Gasteiger partial charge in [-0.1, -0.05) is 25.1 Å². The Morgan fingerprint density at radius 2 is 1.77 bits per heavy atom. The van der Waals surface area contributed by atoms with Crippen LogP contribution >= 0.6 is 0 Å². The second-order valence-corrected chi connectivity index (χ2v) is 6.34. The number of imide groups is 1. The van der Waals surface area contributed by atoms with E-state index < -0.39 is 0 Å². The van der Waals surface area contributed by atoms with Crippen LogP contribution in [0.2, 0.25) is 0 Å². The molecule has 3 atom stereocenters. The molecule has 4 rings (SSSR count). The fraction of sp³-hybridized carbons (Fsp3) is 0.333. The molecule has 1 aliphatic carbocycles. The molecule has 0 unspecified atom stereocenters. The predicted octanol–water partition coefficient (Wildman–Crippen LogP) is 2.81. The molecule has 0 N–H and O–H groups in total. The number of aryl methyl sites for hydroxylation is 1. The van der Waals surface area contributed by atoms with Crippen LogP contribution in [0, 0.1) is 5.92 Å². The van der Waals surface area contributed by atoms with Crippen LogP contribution in [0.4, 0.5) is 5.69 Å². The first-order valence-electron chi connectivity index (χ1n) is 7.67. The number of para-hydroxylation sites is 1. The average Bonchev–Trinajstić information content (AvgIpc) is 3.00. The lowest BCUT2D eigenvalue weighted by Crippen LogP contribution is -2.30. The van der Waals surface area contributed by atoms with Gasteiger partial charge in [0.1, 0.15) is 0 Å². The van der Waals surface area contributed by atoms with E-state index in [-0.39, 0.29) is 23.7 Å². The molecule has 0 spiro atoms. The van der Waals surface area contributed by atoms with E-state index >= 15 is 0 Å². The number of rotatable bonds is 1. The van der Waals surface area contributed by atoms with Gasteiger partial charge >= 0.3 is 0 Å². The van der Waals surface area contributed by atoms with Crippen molar-refractivity contribution in [2.24, 2.45) is 13.0 Å². The number of aromatic nitrogens is 1. The number of hydrogen-bond acceptors (Lipinski definition) is 2. The van der Waals surface area contributed by atoms with Gasteiger partial charge in [-0.3, -0.25) is 9.59 Å². The van der Waals surface area contributed by atoms with E-state index in [4.69, 9.17) is 0 Å². The lowest BCUT2D eigenvalue weighted by Gasteiger charge is -2.28. The molecule has 22 heavy (non-hydrogen) atoms. The third kappa shape index (κ3) is 1.64. The molecular formula is C18H18N2O2. The van der Waals surface area contributed by atoms with Gasteiger partial charge in [-0.2, -0.15) is 0 Å². The van der Waals surface area contributed by atoms with Crippen LogP contribution in [0.5, 0.6) is 0 Å². The first-order valence-corrected chi connectivity index (χ1v) is 7.67. The molecule has 0 saturated carbocycles. The molecule has 1 fully saturated rings. The van der Waals surface area contributed by atoms with E-state index in [0.29, 0.717) is 11.6 Å². The normalized spacial score (nSPS) is 27.0. The Bertz CT molecular complexity index is 763. The molecule has 1 aliphatic heterocycles. The highest BCUT2D eigenvalue weighted by Crippen LogP contribution is 2.48. The molecule has 112 valence electrons. The summed E-state index contributed by atoms with van der Waals surface area (Å²) in [5.41, 5.74) is 2.90. The van der Waals surface area contributed by atoms with Crippen molar-refractivity contribution in [3.05, 3.63) is 53.9 Å². The van der Waals surface area contributed by atoms with Crippen LogP contribution in [-0.2, 0) is 16.6 Å². The Morgan fingerprint density at radius 1 is 1.05 bits per heavy atom. The first-order chi connectivity index (χ1) is 10.6. The molecule has 2 amide bonds. The summed E-state index contributed by atoms with van der Waals surface area (Å²) < 4.78 is 2.08. The minimum atomic E-state index is -0.319. The van der Waals surface area contributed by atoms with Gasteiger partial charge in [0.05, 0.1) is 17.5 Å². The highest BCUT2D eigenvalue weighted by molar-refractivity contribution is 6.24. The van der Waals surface area contributed by atoms with E-state index in [1.807, 2.05) is 49.6 Å². The zero-order valence-corrected chi connectivity index (χ0v) is 12.7. The van der Waals surface area contributed by atoms with Crippen molar-refractivity contribution in [2.45, 2.75) is 25.2 Å². The number of hydrogen-bond donors (Lipinski definition) is 0. The van der Waals surface area contributed by atoms with Gasteiger partial charge in [-0.25, -0.2) is 4.90 Å². The fourth-order valence-corrected chi connectivity index (χ4v) is 4.10. The summed E-state index contributed by atoms with van der Waals surface area (Å²) in [5, 5.41) is 0. The minimum absolute atomic E-state index is 0.0532. The molecule has 1 aromatic carbocycles. The van der Waals surface area contributed by atoms with Crippen molar-refractivity contribution in [2.75, 3.05) is 4.90 Å². The van der Waals surface area contributed by atoms with Crippen LogP contribution in [0.1, 0.15) is 36.4 Å². The Kier molecular flexibility index (Phi) is 2.76. The number of nitrogens with zero attached hydrogens (tertiary/aromatic N) is 2. The molecule has 1 aromatic heterocycles. The van der Waals surface area contributed by atoms with Gasteiger partial charge in [0.25, 0.3) is 0 Å². The maximum absolute atomic E-state index is 12.9. The topological polar surface area (TPSA) is 42.3 Å². The van der Waals surface area contributed by atoms with Crippen molar-refractivity contribution in [1.82, 2.24) is 4.57 Å². The monoisotopic (exact) mass is 294 g/mol. The van der Waals surface area contributed by atoms with E-state index in [1.54, 1.807) is 0 Å². The molecule has 0 bridgehead atoms. The quantitative estimate of drug-likeness (QED) is 0.759. The lowest BCUT2D eigenvalue weighted by atomic mass is 9.75. The molecule has 4 heteroatoms. The summed E-state index contributed by atoms with van der Waals surface area (Å²) in [6.45, 7) is 2.14. The zero-order chi connectivity index (χ0) is 15.4. The Hall–Kier alpha value is -2.36. The maximum Gasteiger partial charge on any atom is 0.242 e. The van der Waals surface area contributed by atoms with Gasteiger partial charge < -0.3 is 4.57 Å². The molecule has 4 nitrogen and oxygen atoms in total. The Labute approximate surface area is 129 Å². The number of amides is 2. The number of fused-ring (bicyclic) bond motifs is 3. The second-order valence-electron chi connectivity index (χ2n) is 6.34. The highest BCUT2D eigenvalue weighted by Gasteiger charge is 2.52. The highest BCUT2D eigenvalue weighted by atomic mass is 16.2. The largest absolute Gasteiger partial charge is 0.354 e. The van der Waals surface area contributed by atoms with Gasteiger partial charge in [0.2, 0.25) is 11.8 Å². The van der Waals surface area contributed by atoms with E-state index in [2.05, 4.69) is 11.5 Å². The van der Waals surface area contributed by atoms with E-state index in [1.165, 1.54) is 10.6 Å². The Balaban J connectivity index is 1.82. The van der Waals surface area contributed by atoms with Crippen molar-refractivity contribution in [1.29, 1.82) is 0 Å². The van der Waals surface area contributed by atoms with Gasteiger partial charge in [0.15, 0.2) is 0 Å². The standard InChI is InChI=1S/C18H18N2O2/c1-11-10-14-15(13-8-9-19(2)16(11)13)18(22)20(17(14)21)12-6-4-3-5-7-12/h3-9,11,14-15H,10H2,1-2H3/t11-,14+,15-/m1/s1. The molecule has 2 heterocycles. The summed E-state index contributed by atoms with van der Waals surface area (Å²) in [4.78, 5) is 27.1.